The monoisotopic (exact) mass is 160 g/mol. The molecule has 2 unspecified atom stereocenters. The maximum atomic E-state index is 9.04. The van der Waals surface area contributed by atoms with Crippen LogP contribution in [0.25, 0.3) is 0 Å². The van der Waals surface area contributed by atoms with Gasteiger partial charge in [0, 0.05) is 6.61 Å². The fraction of sp³-hybridized carbons (Fsp3) is 1.00. The lowest BCUT2D eigenvalue weighted by molar-refractivity contribution is 0.124. The normalized spacial score (nSPS) is 16.4. The molecule has 0 rings (SSSR count). The second-order valence-electron chi connectivity index (χ2n) is 3.28. The van der Waals surface area contributed by atoms with Crippen LogP contribution in [0.4, 0.5) is 0 Å². The van der Waals surface area contributed by atoms with Gasteiger partial charge >= 0.3 is 0 Å². The average molecular weight is 160 g/mol. The van der Waals surface area contributed by atoms with Gasteiger partial charge in [0.15, 0.2) is 0 Å². The quantitative estimate of drug-likeness (QED) is 0.619. The van der Waals surface area contributed by atoms with Crippen LogP contribution in [0.15, 0.2) is 0 Å². The van der Waals surface area contributed by atoms with Crippen LogP contribution in [-0.2, 0) is 0 Å². The molecule has 0 aliphatic rings. The number of rotatable bonds is 6. The van der Waals surface area contributed by atoms with Gasteiger partial charge in [0.25, 0.3) is 0 Å². The molecule has 0 aromatic carbocycles. The highest BCUT2D eigenvalue weighted by atomic mass is 16.3. The largest absolute Gasteiger partial charge is 0.396 e. The molecule has 0 heterocycles. The number of unbranched alkanes of at least 4 members (excludes halogenated alkanes) is 1. The molecule has 11 heavy (non-hydrogen) atoms. The van der Waals surface area contributed by atoms with Crippen LogP contribution in [-0.4, -0.2) is 22.9 Å². The molecular weight excluding hydrogens is 140 g/mol. The Kier molecular flexibility index (Phi) is 6.57. The third-order valence-electron chi connectivity index (χ3n) is 1.90. The van der Waals surface area contributed by atoms with Crippen molar-refractivity contribution in [3.05, 3.63) is 0 Å². The third-order valence-corrected chi connectivity index (χ3v) is 1.90. The Hall–Kier alpha value is -0.0800. The van der Waals surface area contributed by atoms with Crippen LogP contribution in [0.3, 0.4) is 0 Å². The summed E-state index contributed by atoms with van der Waals surface area (Å²) < 4.78 is 0. The molecule has 0 fully saturated rings. The summed E-state index contributed by atoms with van der Waals surface area (Å²) in [5.41, 5.74) is 0. The Bertz CT molecular complexity index is 81.6. The molecule has 2 N–H and O–H groups in total. The van der Waals surface area contributed by atoms with Crippen LogP contribution < -0.4 is 0 Å². The van der Waals surface area contributed by atoms with Gasteiger partial charge in [0.05, 0.1) is 6.10 Å². The van der Waals surface area contributed by atoms with Crippen molar-refractivity contribution in [2.75, 3.05) is 6.61 Å². The molecule has 0 radical (unpaired) electrons. The van der Waals surface area contributed by atoms with E-state index in [1.807, 2.05) is 0 Å². The topological polar surface area (TPSA) is 40.5 Å². The second-order valence-corrected chi connectivity index (χ2v) is 3.28. The molecule has 0 saturated carbocycles. The van der Waals surface area contributed by atoms with Crippen molar-refractivity contribution in [3.8, 4) is 0 Å². The first-order valence-electron chi connectivity index (χ1n) is 4.49. The fourth-order valence-corrected chi connectivity index (χ4v) is 1.26. The van der Waals surface area contributed by atoms with Crippen molar-refractivity contribution in [1.29, 1.82) is 0 Å². The predicted molar refractivity (Wildman–Crippen MR) is 46.4 cm³/mol. The number of hydrogen-bond acceptors (Lipinski definition) is 2. The fourth-order valence-electron chi connectivity index (χ4n) is 1.26. The lowest BCUT2D eigenvalue weighted by atomic mass is 9.97. The van der Waals surface area contributed by atoms with Gasteiger partial charge in [0.1, 0.15) is 0 Å². The average Bonchev–Trinajstić information content (AvgIpc) is 1.97. The van der Waals surface area contributed by atoms with E-state index in [4.69, 9.17) is 10.2 Å². The molecule has 0 aromatic rings. The number of aliphatic hydroxyl groups is 2. The molecule has 0 aromatic heterocycles. The summed E-state index contributed by atoms with van der Waals surface area (Å²) in [4.78, 5) is 0. The highest BCUT2D eigenvalue weighted by Gasteiger charge is 2.09. The number of hydrogen-bond donors (Lipinski definition) is 2. The molecule has 0 spiro atoms. The first kappa shape index (κ1) is 10.9. The van der Waals surface area contributed by atoms with Crippen molar-refractivity contribution in [2.24, 2.45) is 5.92 Å². The number of aliphatic hydroxyl groups excluding tert-OH is 2. The van der Waals surface area contributed by atoms with E-state index in [0.29, 0.717) is 5.92 Å². The predicted octanol–water partition coefficient (Wildman–Crippen LogP) is 1.56. The van der Waals surface area contributed by atoms with E-state index in [-0.39, 0.29) is 12.7 Å². The highest BCUT2D eigenvalue weighted by molar-refractivity contribution is 4.60. The Morgan fingerprint density at radius 3 is 2.36 bits per heavy atom. The highest BCUT2D eigenvalue weighted by Crippen LogP contribution is 2.13. The first-order chi connectivity index (χ1) is 5.20. The molecule has 0 aliphatic heterocycles. The van der Waals surface area contributed by atoms with Crippen molar-refractivity contribution in [1.82, 2.24) is 0 Å². The summed E-state index contributed by atoms with van der Waals surface area (Å²) in [5, 5.41) is 17.9. The van der Waals surface area contributed by atoms with Crippen molar-refractivity contribution in [2.45, 2.75) is 45.6 Å². The lowest BCUT2D eigenvalue weighted by Crippen LogP contribution is -2.13. The Morgan fingerprint density at radius 2 is 2.00 bits per heavy atom. The van der Waals surface area contributed by atoms with E-state index in [1.54, 1.807) is 6.92 Å². The van der Waals surface area contributed by atoms with E-state index in [0.717, 1.165) is 25.7 Å². The van der Waals surface area contributed by atoms with Crippen LogP contribution in [0.2, 0.25) is 0 Å². The van der Waals surface area contributed by atoms with Gasteiger partial charge in [-0.15, -0.1) is 0 Å². The van der Waals surface area contributed by atoms with Crippen LogP contribution in [0.5, 0.6) is 0 Å². The summed E-state index contributed by atoms with van der Waals surface area (Å²) in [6, 6.07) is 0. The van der Waals surface area contributed by atoms with Crippen molar-refractivity contribution >= 4 is 0 Å². The zero-order valence-corrected chi connectivity index (χ0v) is 7.58. The minimum absolute atomic E-state index is 0.213. The SMILES string of the molecule is CCCCC(CO)CC(C)O. The minimum atomic E-state index is -0.274. The van der Waals surface area contributed by atoms with Gasteiger partial charge in [-0.05, 0) is 25.7 Å². The van der Waals surface area contributed by atoms with E-state index in [1.165, 1.54) is 0 Å². The molecule has 68 valence electrons. The molecule has 2 heteroatoms. The maximum Gasteiger partial charge on any atom is 0.0515 e. The zero-order valence-electron chi connectivity index (χ0n) is 7.58. The molecule has 0 amide bonds. The minimum Gasteiger partial charge on any atom is -0.396 e. The second kappa shape index (κ2) is 6.62. The molecule has 0 aliphatic carbocycles. The van der Waals surface area contributed by atoms with Gasteiger partial charge in [0.2, 0.25) is 0 Å². The maximum absolute atomic E-state index is 9.04. The molecule has 2 nitrogen and oxygen atoms in total. The van der Waals surface area contributed by atoms with Gasteiger partial charge in [-0.25, -0.2) is 0 Å². The van der Waals surface area contributed by atoms with Crippen molar-refractivity contribution < 1.29 is 10.2 Å². The van der Waals surface area contributed by atoms with Gasteiger partial charge < -0.3 is 10.2 Å². The van der Waals surface area contributed by atoms with E-state index in [2.05, 4.69) is 6.92 Å². The lowest BCUT2D eigenvalue weighted by Gasteiger charge is -2.14. The molecule has 0 bridgehead atoms. The Balaban J connectivity index is 3.41. The smallest absolute Gasteiger partial charge is 0.0515 e. The third kappa shape index (κ3) is 6.32. The van der Waals surface area contributed by atoms with Gasteiger partial charge in [-0.2, -0.15) is 0 Å². The zero-order chi connectivity index (χ0) is 8.69. The standard InChI is InChI=1S/C9H20O2/c1-3-4-5-9(7-10)6-8(2)11/h8-11H,3-7H2,1-2H3. The summed E-state index contributed by atoms with van der Waals surface area (Å²) in [5.74, 6) is 0.301. The summed E-state index contributed by atoms with van der Waals surface area (Å²) >= 11 is 0. The molecule has 0 saturated heterocycles. The van der Waals surface area contributed by atoms with Gasteiger partial charge in [-0.3, -0.25) is 0 Å². The summed E-state index contributed by atoms with van der Waals surface area (Å²) in [7, 11) is 0. The van der Waals surface area contributed by atoms with Crippen LogP contribution in [0.1, 0.15) is 39.5 Å². The summed E-state index contributed by atoms with van der Waals surface area (Å²) in [6.07, 6.45) is 3.81. The van der Waals surface area contributed by atoms with Crippen LogP contribution in [0, 0.1) is 5.92 Å². The van der Waals surface area contributed by atoms with E-state index in [9.17, 15) is 0 Å². The van der Waals surface area contributed by atoms with Crippen molar-refractivity contribution in [3.63, 3.8) is 0 Å². The summed E-state index contributed by atoms with van der Waals surface area (Å²) in [6.45, 7) is 4.12. The molecular formula is C9H20O2. The molecule has 2 atom stereocenters. The van der Waals surface area contributed by atoms with Crippen LogP contribution >= 0.6 is 0 Å². The Labute approximate surface area is 69.2 Å². The van der Waals surface area contributed by atoms with E-state index < -0.39 is 0 Å². The van der Waals surface area contributed by atoms with Gasteiger partial charge in [-0.1, -0.05) is 19.8 Å². The van der Waals surface area contributed by atoms with E-state index >= 15 is 0 Å². The Morgan fingerprint density at radius 1 is 1.36 bits per heavy atom. The first-order valence-corrected chi connectivity index (χ1v) is 4.49.